The van der Waals surface area contributed by atoms with Gasteiger partial charge in [0.25, 0.3) is 0 Å². The molecule has 0 bridgehead atoms. The van der Waals surface area contributed by atoms with E-state index in [1.807, 2.05) is 0 Å². The third-order valence-electron chi connectivity index (χ3n) is 2.38. The third kappa shape index (κ3) is 2.86. The standard InChI is InChI=1S/C10H12FNO4S/c1-12(17(11,13)14)7-8-2-3-9-10(6-8)16-5-4-15-9/h2-3,6H,4-5,7H2,1H3. The molecule has 2 rings (SSSR count). The number of rotatable bonds is 3. The van der Waals surface area contributed by atoms with Crippen molar-refractivity contribution in [3.8, 4) is 11.5 Å². The van der Waals surface area contributed by atoms with Crippen LogP contribution >= 0.6 is 0 Å². The van der Waals surface area contributed by atoms with Gasteiger partial charge in [0.1, 0.15) is 13.2 Å². The summed E-state index contributed by atoms with van der Waals surface area (Å²) in [6.45, 7) is 0.897. The lowest BCUT2D eigenvalue weighted by molar-refractivity contribution is 0.171. The van der Waals surface area contributed by atoms with Crippen molar-refractivity contribution in [3.63, 3.8) is 0 Å². The normalized spacial score (nSPS) is 15.0. The molecule has 0 atom stereocenters. The fourth-order valence-corrected chi connectivity index (χ4v) is 1.82. The van der Waals surface area contributed by atoms with E-state index in [4.69, 9.17) is 9.47 Å². The van der Waals surface area contributed by atoms with E-state index in [-0.39, 0.29) is 6.54 Å². The van der Waals surface area contributed by atoms with Gasteiger partial charge in [0, 0.05) is 13.6 Å². The lowest BCUT2D eigenvalue weighted by Crippen LogP contribution is -2.22. The summed E-state index contributed by atoms with van der Waals surface area (Å²) < 4.78 is 45.2. The molecule has 0 spiro atoms. The van der Waals surface area contributed by atoms with E-state index in [1.54, 1.807) is 18.2 Å². The lowest BCUT2D eigenvalue weighted by Gasteiger charge is -2.19. The molecule has 17 heavy (non-hydrogen) atoms. The molecule has 0 unspecified atom stereocenters. The first-order valence-electron chi connectivity index (χ1n) is 5.01. The van der Waals surface area contributed by atoms with Gasteiger partial charge in [-0.05, 0) is 17.7 Å². The zero-order chi connectivity index (χ0) is 12.5. The van der Waals surface area contributed by atoms with Crippen molar-refractivity contribution in [1.29, 1.82) is 0 Å². The molecule has 0 fully saturated rings. The second kappa shape index (κ2) is 4.50. The molecule has 94 valence electrons. The maximum Gasteiger partial charge on any atom is 0.374 e. The minimum Gasteiger partial charge on any atom is -0.486 e. The molecule has 0 saturated heterocycles. The van der Waals surface area contributed by atoms with Gasteiger partial charge in [0.2, 0.25) is 0 Å². The van der Waals surface area contributed by atoms with E-state index in [9.17, 15) is 12.3 Å². The summed E-state index contributed by atoms with van der Waals surface area (Å²) in [6, 6.07) is 5.01. The minimum atomic E-state index is -4.66. The van der Waals surface area contributed by atoms with Crippen LogP contribution in [-0.2, 0) is 17.0 Å². The number of hydrogen-bond donors (Lipinski definition) is 0. The van der Waals surface area contributed by atoms with Crippen molar-refractivity contribution in [2.75, 3.05) is 20.3 Å². The first-order chi connectivity index (χ1) is 7.97. The largest absolute Gasteiger partial charge is 0.486 e. The molecule has 1 aromatic rings. The number of benzene rings is 1. The van der Waals surface area contributed by atoms with Crippen molar-refractivity contribution in [2.24, 2.45) is 0 Å². The summed E-state index contributed by atoms with van der Waals surface area (Å²) in [7, 11) is -3.49. The number of hydrogen-bond acceptors (Lipinski definition) is 4. The van der Waals surface area contributed by atoms with E-state index in [0.29, 0.717) is 34.6 Å². The van der Waals surface area contributed by atoms with Crippen molar-refractivity contribution in [1.82, 2.24) is 4.31 Å². The van der Waals surface area contributed by atoms with Crippen LogP contribution in [0.15, 0.2) is 18.2 Å². The zero-order valence-electron chi connectivity index (χ0n) is 9.22. The van der Waals surface area contributed by atoms with Gasteiger partial charge < -0.3 is 9.47 Å². The Balaban J connectivity index is 2.18. The van der Waals surface area contributed by atoms with Gasteiger partial charge in [-0.25, -0.2) is 0 Å². The second-order valence-electron chi connectivity index (χ2n) is 3.68. The Hall–Kier alpha value is -1.34. The van der Waals surface area contributed by atoms with E-state index >= 15 is 0 Å². The highest BCUT2D eigenvalue weighted by Gasteiger charge is 2.18. The molecular formula is C10H12FNO4S. The zero-order valence-corrected chi connectivity index (χ0v) is 10.0. The molecule has 1 heterocycles. The van der Waals surface area contributed by atoms with Gasteiger partial charge in [-0.3, -0.25) is 0 Å². The predicted octanol–water partition coefficient (Wildman–Crippen LogP) is 1.10. The molecule has 1 aliphatic rings. The molecule has 1 aromatic carbocycles. The highest BCUT2D eigenvalue weighted by atomic mass is 32.3. The van der Waals surface area contributed by atoms with Gasteiger partial charge in [-0.15, -0.1) is 0 Å². The van der Waals surface area contributed by atoms with E-state index in [2.05, 4.69) is 0 Å². The number of ether oxygens (including phenoxy) is 2. The predicted molar refractivity (Wildman–Crippen MR) is 58.9 cm³/mol. The van der Waals surface area contributed by atoms with Crippen LogP contribution in [-0.4, -0.2) is 33.0 Å². The third-order valence-corrected chi connectivity index (χ3v) is 3.26. The minimum absolute atomic E-state index is 0.0462. The molecule has 1 aliphatic heterocycles. The topological polar surface area (TPSA) is 55.8 Å². The van der Waals surface area contributed by atoms with Crippen LogP contribution in [0.4, 0.5) is 3.89 Å². The monoisotopic (exact) mass is 261 g/mol. The van der Waals surface area contributed by atoms with Crippen LogP contribution in [0.1, 0.15) is 5.56 Å². The Bertz CT molecular complexity index is 517. The van der Waals surface area contributed by atoms with Crippen molar-refractivity contribution in [3.05, 3.63) is 23.8 Å². The number of halogens is 1. The maximum atomic E-state index is 12.6. The molecular weight excluding hydrogens is 249 g/mol. The molecule has 7 heteroatoms. The SMILES string of the molecule is CN(Cc1ccc2c(c1)OCCO2)S(=O)(=O)F. The molecule has 0 aliphatic carbocycles. The number of nitrogens with zero attached hydrogens (tertiary/aromatic N) is 1. The Kier molecular flexibility index (Phi) is 3.21. The summed E-state index contributed by atoms with van der Waals surface area (Å²) in [5.41, 5.74) is 0.637. The van der Waals surface area contributed by atoms with E-state index < -0.39 is 10.4 Å². The molecule has 0 saturated carbocycles. The van der Waals surface area contributed by atoms with Crippen LogP contribution < -0.4 is 9.47 Å². The van der Waals surface area contributed by atoms with Gasteiger partial charge in [-0.1, -0.05) is 9.95 Å². The summed E-state index contributed by atoms with van der Waals surface area (Å²) in [5.74, 6) is 1.17. The first kappa shape index (κ1) is 12.1. The highest BCUT2D eigenvalue weighted by molar-refractivity contribution is 7.83. The van der Waals surface area contributed by atoms with Crippen molar-refractivity contribution >= 4 is 10.4 Å². The van der Waals surface area contributed by atoms with Gasteiger partial charge in [0.05, 0.1) is 0 Å². The summed E-state index contributed by atoms with van der Waals surface area (Å²) in [5, 5.41) is 0. The Morgan fingerprint density at radius 1 is 1.29 bits per heavy atom. The molecule has 0 N–H and O–H groups in total. The van der Waals surface area contributed by atoms with Crippen LogP contribution in [0.3, 0.4) is 0 Å². The Morgan fingerprint density at radius 2 is 1.94 bits per heavy atom. The smallest absolute Gasteiger partial charge is 0.374 e. The molecule has 5 nitrogen and oxygen atoms in total. The van der Waals surface area contributed by atoms with Crippen molar-refractivity contribution in [2.45, 2.75) is 6.54 Å². The van der Waals surface area contributed by atoms with E-state index in [0.717, 1.165) is 0 Å². The van der Waals surface area contributed by atoms with Gasteiger partial charge in [0.15, 0.2) is 11.5 Å². The Morgan fingerprint density at radius 3 is 2.59 bits per heavy atom. The lowest BCUT2D eigenvalue weighted by atomic mass is 10.2. The maximum absolute atomic E-state index is 12.6. The van der Waals surface area contributed by atoms with Crippen molar-refractivity contribution < 1.29 is 21.8 Å². The fourth-order valence-electron chi connectivity index (χ4n) is 1.52. The van der Waals surface area contributed by atoms with Crippen LogP contribution in [0.5, 0.6) is 11.5 Å². The average molecular weight is 261 g/mol. The van der Waals surface area contributed by atoms with E-state index in [1.165, 1.54) is 7.05 Å². The van der Waals surface area contributed by atoms with Gasteiger partial charge >= 0.3 is 10.4 Å². The summed E-state index contributed by atoms with van der Waals surface area (Å²) in [6.07, 6.45) is 0. The molecule has 0 aromatic heterocycles. The average Bonchev–Trinajstić information content (AvgIpc) is 2.27. The highest BCUT2D eigenvalue weighted by Crippen LogP contribution is 2.31. The quantitative estimate of drug-likeness (QED) is 0.765. The van der Waals surface area contributed by atoms with Crippen LogP contribution in [0.2, 0.25) is 0 Å². The number of fused-ring (bicyclic) bond motifs is 1. The molecule has 0 radical (unpaired) electrons. The summed E-state index contributed by atoms with van der Waals surface area (Å²) in [4.78, 5) is 0. The fraction of sp³-hybridized carbons (Fsp3) is 0.400. The molecule has 0 amide bonds. The van der Waals surface area contributed by atoms with Crippen LogP contribution in [0, 0.1) is 0 Å². The van der Waals surface area contributed by atoms with Crippen LogP contribution in [0.25, 0.3) is 0 Å². The van der Waals surface area contributed by atoms with Gasteiger partial charge in [-0.2, -0.15) is 12.7 Å². The second-order valence-corrected chi connectivity index (χ2v) is 5.12. The summed E-state index contributed by atoms with van der Waals surface area (Å²) >= 11 is 0. The first-order valence-corrected chi connectivity index (χ1v) is 6.35. The Labute approximate surface area is 99.1 Å².